The number of carbonyl (C=O) groups is 1. The molecule has 0 bridgehead atoms. The Morgan fingerprint density at radius 1 is 1.39 bits per heavy atom. The highest BCUT2D eigenvalue weighted by molar-refractivity contribution is 6.03. The van der Waals surface area contributed by atoms with Crippen molar-refractivity contribution >= 4 is 11.6 Å². The summed E-state index contributed by atoms with van der Waals surface area (Å²) in [6.07, 6.45) is 2.08. The fourth-order valence-corrected chi connectivity index (χ4v) is 2.51. The standard InChI is InChI=1S/C15H21NO2/c1-4-6-13(17)12-8-10(5-2)7-11-9(3)15(18)16-14(11)12/h7-9,13,17H,4-6H2,1-3H3,(H,16,18). The molecule has 3 nitrogen and oxygen atoms in total. The number of hydrogen-bond acceptors (Lipinski definition) is 2. The zero-order chi connectivity index (χ0) is 13.3. The minimum Gasteiger partial charge on any atom is -0.388 e. The van der Waals surface area contributed by atoms with Gasteiger partial charge in [-0.15, -0.1) is 0 Å². The van der Waals surface area contributed by atoms with Crippen LogP contribution in [0.25, 0.3) is 0 Å². The number of benzene rings is 1. The van der Waals surface area contributed by atoms with E-state index in [0.717, 1.165) is 36.1 Å². The number of rotatable bonds is 4. The van der Waals surface area contributed by atoms with Crippen molar-refractivity contribution in [2.75, 3.05) is 5.32 Å². The summed E-state index contributed by atoms with van der Waals surface area (Å²) in [5.74, 6) is -0.0812. The molecule has 0 spiro atoms. The molecule has 0 radical (unpaired) electrons. The van der Waals surface area contributed by atoms with Crippen LogP contribution in [0.2, 0.25) is 0 Å². The van der Waals surface area contributed by atoms with E-state index in [-0.39, 0.29) is 11.8 Å². The van der Waals surface area contributed by atoms with Gasteiger partial charge >= 0.3 is 0 Å². The summed E-state index contributed by atoms with van der Waals surface area (Å²) in [6.45, 7) is 6.05. The van der Waals surface area contributed by atoms with Crippen molar-refractivity contribution in [2.24, 2.45) is 0 Å². The van der Waals surface area contributed by atoms with Crippen molar-refractivity contribution in [3.05, 3.63) is 28.8 Å². The topological polar surface area (TPSA) is 49.3 Å². The van der Waals surface area contributed by atoms with Crippen LogP contribution in [0, 0.1) is 0 Å². The third-order valence-corrected chi connectivity index (χ3v) is 3.70. The molecule has 2 atom stereocenters. The monoisotopic (exact) mass is 247 g/mol. The lowest BCUT2D eigenvalue weighted by molar-refractivity contribution is -0.116. The summed E-state index contributed by atoms with van der Waals surface area (Å²) in [5.41, 5.74) is 3.93. The van der Waals surface area contributed by atoms with Gasteiger partial charge < -0.3 is 10.4 Å². The van der Waals surface area contributed by atoms with Crippen LogP contribution in [-0.4, -0.2) is 11.0 Å². The molecule has 0 aromatic heterocycles. The Morgan fingerprint density at radius 2 is 2.11 bits per heavy atom. The first-order valence-corrected chi connectivity index (χ1v) is 6.74. The van der Waals surface area contributed by atoms with Gasteiger partial charge in [-0.05, 0) is 30.9 Å². The second-order valence-corrected chi connectivity index (χ2v) is 5.02. The fraction of sp³-hybridized carbons (Fsp3) is 0.533. The predicted octanol–water partition coefficient (Wildman–Crippen LogP) is 3.14. The summed E-state index contributed by atoms with van der Waals surface area (Å²) in [5, 5.41) is 13.1. The number of anilines is 1. The molecule has 0 aliphatic carbocycles. The first kappa shape index (κ1) is 13.1. The van der Waals surface area contributed by atoms with E-state index in [1.54, 1.807) is 0 Å². The highest BCUT2D eigenvalue weighted by atomic mass is 16.3. The molecule has 1 aliphatic heterocycles. The molecule has 18 heavy (non-hydrogen) atoms. The van der Waals surface area contributed by atoms with Crippen LogP contribution in [0.1, 0.15) is 62.3 Å². The van der Waals surface area contributed by atoms with Gasteiger partial charge in [0.25, 0.3) is 0 Å². The van der Waals surface area contributed by atoms with Gasteiger partial charge in [0, 0.05) is 5.56 Å². The van der Waals surface area contributed by atoms with Crippen molar-refractivity contribution in [3.63, 3.8) is 0 Å². The average molecular weight is 247 g/mol. The lowest BCUT2D eigenvalue weighted by atomic mass is 9.93. The van der Waals surface area contributed by atoms with E-state index in [2.05, 4.69) is 18.3 Å². The van der Waals surface area contributed by atoms with E-state index in [0.29, 0.717) is 0 Å². The highest BCUT2D eigenvalue weighted by Gasteiger charge is 2.30. The first-order valence-electron chi connectivity index (χ1n) is 6.74. The average Bonchev–Trinajstić information content (AvgIpc) is 2.65. The van der Waals surface area contributed by atoms with Crippen LogP contribution < -0.4 is 5.32 Å². The van der Waals surface area contributed by atoms with Crippen LogP contribution in [0.15, 0.2) is 12.1 Å². The van der Waals surface area contributed by atoms with E-state index >= 15 is 0 Å². The van der Waals surface area contributed by atoms with Crippen molar-refractivity contribution < 1.29 is 9.90 Å². The molecule has 2 unspecified atom stereocenters. The SMILES string of the molecule is CCCC(O)c1cc(CC)cc2c1NC(=O)C2C. The third kappa shape index (κ3) is 2.15. The Hall–Kier alpha value is -1.35. The van der Waals surface area contributed by atoms with Crippen molar-refractivity contribution in [2.45, 2.75) is 52.1 Å². The third-order valence-electron chi connectivity index (χ3n) is 3.70. The van der Waals surface area contributed by atoms with Gasteiger partial charge in [-0.1, -0.05) is 32.4 Å². The number of nitrogens with one attached hydrogen (secondary N) is 1. The van der Waals surface area contributed by atoms with Gasteiger partial charge in [0.05, 0.1) is 17.7 Å². The summed E-state index contributed by atoms with van der Waals surface area (Å²) in [4.78, 5) is 11.8. The maximum absolute atomic E-state index is 11.8. The second-order valence-electron chi connectivity index (χ2n) is 5.02. The number of aliphatic hydroxyl groups is 1. The number of aliphatic hydroxyl groups excluding tert-OH is 1. The molecule has 98 valence electrons. The van der Waals surface area contributed by atoms with Crippen LogP contribution in [0.5, 0.6) is 0 Å². The normalized spacial score (nSPS) is 19.6. The summed E-state index contributed by atoms with van der Waals surface area (Å²) < 4.78 is 0. The van der Waals surface area contributed by atoms with Gasteiger partial charge in [-0.3, -0.25) is 4.79 Å². The molecule has 1 heterocycles. The molecule has 2 rings (SSSR count). The fourth-order valence-electron chi connectivity index (χ4n) is 2.51. The van der Waals surface area contributed by atoms with Crippen LogP contribution >= 0.6 is 0 Å². The lowest BCUT2D eigenvalue weighted by Crippen LogP contribution is -2.09. The van der Waals surface area contributed by atoms with Crippen molar-refractivity contribution in [1.82, 2.24) is 0 Å². The van der Waals surface area contributed by atoms with E-state index < -0.39 is 6.10 Å². The highest BCUT2D eigenvalue weighted by Crippen LogP contribution is 2.39. The maximum Gasteiger partial charge on any atom is 0.231 e. The molecule has 0 saturated heterocycles. The van der Waals surface area contributed by atoms with Gasteiger partial charge in [0.1, 0.15) is 0 Å². The van der Waals surface area contributed by atoms with Gasteiger partial charge in [0.2, 0.25) is 5.91 Å². The Kier molecular flexibility index (Phi) is 3.71. The van der Waals surface area contributed by atoms with Crippen molar-refractivity contribution in [1.29, 1.82) is 0 Å². The molecule has 3 heteroatoms. The van der Waals surface area contributed by atoms with Gasteiger partial charge in [-0.25, -0.2) is 0 Å². The van der Waals surface area contributed by atoms with E-state index in [9.17, 15) is 9.90 Å². The number of fused-ring (bicyclic) bond motifs is 1. The minimum absolute atomic E-state index is 0.0307. The lowest BCUT2D eigenvalue weighted by Gasteiger charge is -2.16. The molecule has 1 amide bonds. The minimum atomic E-state index is -0.485. The Labute approximate surface area is 108 Å². The molecule has 1 aromatic carbocycles. The van der Waals surface area contributed by atoms with Crippen molar-refractivity contribution in [3.8, 4) is 0 Å². The zero-order valence-electron chi connectivity index (χ0n) is 11.3. The molecule has 1 aliphatic rings. The van der Waals surface area contributed by atoms with Gasteiger partial charge in [0.15, 0.2) is 0 Å². The van der Waals surface area contributed by atoms with Crippen LogP contribution in [0.3, 0.4) is 0 Å². The first-order chi connectivity index (χ1) is 8.58. The maximum atomic E-state index is 11.8. The molecule has 2 N–H and O–H groups in total. The van der Waals surface area contributed by atoms with E-state index in [1.165, 1.54) is 5.56 Å². The summed E-state index contributed by atoms with van der Waals surface area (Å²) >= 11 is 0. The molecule has 1 aromatic rings. The van der Waals surface area contributed by atoms with Crippen LogP contribution in [-0.2, 0) is 11.2 Å². The van der Waals surface area contributed by atoms with E-state index in [1.807, 2.05) is 19.9 Å². The Balaban J connectivity index is 2.50. The van der Waals surface area contributed by atoms with Gasteiger partial charge in [-0.2, -0.15) is 0 Å². The smallest absolute Gasteiger partial charge is 0.231 e. The summed E-state index contributed by atoms with van der Waals surface area (Å²) in [6, 6.07) is 4.11. The zero-order valence-corrected chi connectivity index (χ0v) is 11.3. The second kappa shape index (κ2) is 5.11. The van der Waals surface area contributed by atoms with Crippen LogP contribution in [0.4, 0.5) is 5.69 Å². The quantitative estimate of drug-likeness (QED) is 0.858. The number of amides is 1. The number of aryl methyl sites for hydroxylation is 1. The Bertz CT molecular complexity index is 468. The number of carbonyl (C=O) groups excluding carboxylic acids is 1. The Morgan fingerprint density at radius 3 is 2.72 bits per heavy atom. The predicted molar refractivity (Wildman–Crippen MR) is 72.7 cm³/mol. The van der Waals surface area contributed by atoms with E-state index in [4.69, 9.17) is 0 Å². The molecular formula is C15H21NO2. The molecule has 0 saturated carbocycles. The molecular weight excluding hydrogens is 226 g/mol. The molecule has 0 fully saturated rings. The largest absolute Gasteiger partial charge is 0.388 e. The summed E-state index contributed by atoms with van der Waals surface area (Å²) in [7, 11) is 0. The number of hydrogen-bond donors (Lipinski definition) is 2.